The van der Waals surface area contributed by atoms with Crippen molar-refractivity contribution in [2.75, 3.05) is 12.4 Å². The monoisotopic (exact) mass is 291 g/mol. The zero-order chi connectivity index (χ0) is 14.0. The number of amides is 1. The number of hydrogen-bond acceptors (Lipinski definition) is 1. The van der Waals surface area contributed by atoms with Crippen LogP contribution in [-0.4, -0.2) is 18.3 Å². The van der Waals surface area contributed by atoms with E-state index in [2.05, 4.69) is 29.6 Å². The van der Waals surface area contributed by atoms with Crippen LogP contribution in [0.25, 0.3) is 0 Å². The minimum atomic E-state index is 0.112. The Hall–Kier alpha value is -1.02. The first-order chi connectivity index (χ1) is 9.72. The Labute approximate surface area is 125 Å². The SMILES string of the molecule is O=C(NCC1(CCl)CCCC1)C1Cc2ccccc2C1. The Morgan fingerprint density at radius 1 is 1.20 bits per heavy atom. The van der Waals surface area contributed by atoms with E-state index in [1.807, 2.05) is 0 Å². The highest BCUT2D eigenvalue weighted by Crippen LogP contribution is 2.38. The molecule has 3 rings (SSSR count). The summed E-state index contributed by atoms with van der Waals surface area (Å²) in [6, 6.07) is 8.39. The Kier molecular flexibility index (Phi) is 4.02. The van der Waals surface area contributed by atoms with Gasteiger partial charge >= 0.3 is 0 Å². The third kappa shape index (κ3) is 2.71. The maximum Gasteiger partial charge on any atom is 0.223 e. The molecule has 0 heterocycles. The lowest BCUT2D eigenvalue weighted by molar-refractivity contribution is -0.125. The van der Waals surface area contributed by atoms with E-state index in [0.717, 1.165) is 32.2 Å². The number of rotatable bonds is 4. The average Bonchev–Trinajstić information content (AvgIpc) is 3.12. The second kappa shape index (κ2) is 5.77. The summed E-state index contributed by atoms with van der Waals surface area (Å²) in [6.45, 7) is 0.752. The van der Waals surface area contributed by atoms with E-state index in [0.29, 0.717) is 5.88 Å². The third-order valence-corrected chi connectivity index (χ3v) is 5.57. The molecule has 1 N–H and O–H groups in total. The van der Waals surface area contributed by atoms with Crippen LogP contribution >= 0.6 is 11.6 Å². The van der Waals surface area contributed by atoms with Crippen LogP contribution in [0.15, 0.2) is 24.3 Å². The Morgan fingerprint density at radius 2 is 1.80 bits per heavy atom. The van der Waals surface area contributed by atoms with Crippen LogP contribution < -0.4 is 5.32 Å². The van der Waals surface area contributed by atoms with Gasteiger partial charge in [-0.3, -0.25) is 4.79 Å². The summed E-state index contributed by atoms with van der Waals surface area (Å²) < 4.78 is 0. The first kappa shape index (κ1) is 13.9. The summed E-state index contributed by atoms with van der Waals surface area (Å²) in [7, 11) is 0. The second-order valence-corrected chi connectivity index (χ2v) is 6.70. The number of nitrogens with one attached hydrogen (secondary N) is 1. The lowest BCUT2D eigenvalue weighted by Gasteiger charge is -2.27. The average molecular weight is 292 g/mol. The number of halogens is 1. The van der Waals surface area contributed by atoms with Crippen molar-refractivity contribution in [2.45, 2.75) is 38.5 Å². The molecule has 1 saturated carbocycles. The van der Waals surface area contributed by atoms with Gasteiger partial charge in [-0.15, -0.1) is 11.6 Å². The number of alkyl halides is 1. The normalized spacial score (nSPS) is 20.9. The number of fused-ring (bicyclic) bond motifs is 1. The first-order valence-corrected chi connectivity index (χ1v) is 8.16. The van der Waals surface area contributed by atoms with Gasteiger partial charge in [0.2, 0.25) is 5.91 Å². The molecule has 2 aliphatic carbocycles. The minimum absolute atomic E-state index is 0.112. The molecule has 1 aromatic rings. The van der Waals surface area contributed by atoms with E-state index < -0.39 is 0 Å². The largest absolute Gasteiger partial charge is 0.355 e. The van der Waals surface area contributed by atoms with Crippen molar-refractivity contribution in [1.29, 1.82) is 0 Å². The summed E-state index contributed by atoms with van der Waals surface area (Å²) in [4.78, 5) is 12.4. The van der Waals surface area contributed by atoms with Crippen LogP contribution in [0.4, 0.5) is 0 Å². The maximum atomic E-state index is 12.4. The molecule has 0 aliphatic heterocycles. The van der Waals surface area contributed by atoms with Gasteiger partial charge in [0.05, 0.1) is 0 Å². The van der Waals surface area contributed by atoms with Crippen molar-refractivity contribution in [3.63, 3.8) is 0 Å². The topological polar surface area (TPSA) is 29.1 Å². The summed E-state index contributed by atoms with van der Waals surface area (Å²) in [5, 5.41) is 3.17. The lowest BCUT2D eigenvalue weighted by atomic mass is 9.88. The molecule has 1 amide bonds. The standard InChI is InChI=1S/C17H22ClNO/c18-11-17(7-3-4-8-17)12-19-16(20)15-9-13-5-1-2-6-14(13)10-15/h1-2,5-6,15H,3-4,7-12H2,(H,19,20). The Balaban J connectivity index is 1.56. The van der Waals surface area contributed by atoms with E-state index in [4.69, 9.17) is 11.6 Å². The van der Waals surface area contributed by atoms with Gasteiger partial charge in [-0.25, -0.2) is 0 Å². The quantitative estimate of drug-likeness (QED) is 0.847. The predicted molar refractivity (Wildman–Crippen MR) is 82.0 cm³/mol. The highest BCUT2D eigenvalue weighted by molar-refractivity contribution is 6.18. The first-order valence-electron chi connectivity index (χ1n) is 7.63. The number of carbonyl (C=O) groups excluding carboxylic acids is 1. The fraction of sp³-hybridized carbons (Fsp3) is 0.588. The van der Waals surface area contributed by atoms with Crippen LogP contribution in [0, 0.1) is 11.3 Å². The van der Waals surface area contributed by atoms with Gasteiger partial charge < -0.3 is 5.32 Å². The van der Waals surface area contributed by atoms with E-state index >= 15 is 0 Å². The van der Waals surface area contributed by atoms with Crippen molar-refractivity contribution in [3.8, 4) is 0 Å². The predicted octanol–water partition coefficient (Wildman–Crippen LogP) is 3.32. The van der Waals surface area contributed by atoms with Crippen LogP contribution in [0.2, 0.25) is 0 Å². The molecule has 0 saturated heterocycles. The van der Waals surface area contributed by atoms with Gasteiger partial charge in [-0.2, -0.15) is 0 Å². The molecule has 3 heteroatoms. The molecule has 0 atom stereocenters. The van der Waals surface area contributed by atoms with Gasteiger partial charge in [-0.05, 0) is 36.8 Å². The maximum absolute atomic E-state index is 12.4. The molecule has 0 unspecified atom stereocenters. The van der Waals surface area contributed by atoms with Crippen molar-refractivity contribution < 1.29 is 4.79 Å². The van der Waals surface area contributed by atoms with Gasteiger partial charge in [0, 0.05) is 23.8 Å². The molecule has 1 fully saturated rings. The van der Waals surface area contributed by atoms with Gasteiger partial charge in [-0.1, -0.05) is 37.1 Å². The van der Waals surface area contributed by atoms with E-state index in [-0.39, 0.29) is 17.2 Å². The van der Waals surface area contributed by atoms with Crippen LogP contribution in [-0.2, 0) is 17.6 Å². The summed E-state index contributed by atoms with van der Waals surface area (Å²) in [6.07, 6.45) is 6.57. The molecule has 0 bridgehead atoms. The van der Waals surface area contributed by atoms with Gasteiger partial charge in [0.15, 0.2) is 0 Å². The molecule has 20 heavy (non-hydrogen) atoms. The summed E-state index contributed by atoms with van der Waals surface area (Å²) >= 11 is 6.13. The van der Waals surface area contributed by atoms with Crippen molar-refractivity contribution >= 4 is 17.5 Å². The molecule has 108 valence electrons. The molecule has 0 aromatic heterocycles. The molecule has 1 aromatic carbocycles. The van der Waals surface area contributed by atoms with Gasteiger partial charge in [0.25, 0.3) is 0 Å². The molecule has 0 radical (unpaired) electrons. The van der Waals surface area contributed by atoms with E-state index in [1.165, 1.54) is 24.0 Å². The van der Waals surface area contributed by atoms with E-state index in [9.17, 15) is 4.79 Å². The van der Waals surface area contributed by atoms with Crippen LogP contribution in [0.3, 0.4) is 0 Å². The minimum Gasteiger partial charge on any atom is -0.355 e. The molecular formula is C17H22ClNO. The Morgan fingerprint density at radius 3 is 2.35 bits per heavy atom. The number of carbonyl (C=O) groups is 1. The van der Waals surface area contributed by atoms with Crippen LogP contribution in [0.5, 0.6) is 0 Å². The van der Waals surface area contributed by atoms with E-state index in [1.54, 1.807) is 0 Å². The fourth-order valence-electron chi connectivity index (χ4n) is 3.65. The smallest absolute Gasteiger partial charge is 0.223 e. The summed E-state index contributed by atoms with van der Waals surface area (Å²) in [5.74, 6) is 0.983. The molecule has 2 aliphatic rings. The number of benzene rings is 1. The highest BCUT2D eigenvalue weighted by Gasteiger charge is 2.34. The van der Waals surface area contributed by atoms with Crippen LogP contribution in [0.1, 0.15) is 36.8 Å². The number of hydrogen-bond donors (Lipinski definition) is 1. The second-order valence-electron chi connectivity index (χ2n) is 6.43. The molecule has 2 nitrogen and oxygen atoms in total. The Bertz CT molecular complexity index is 469. The lowest BCUT2D eigenvalue weighted by Crippen LogP contribution is -2.40. The fourth-order valence-corrected chi connectivity index (χ4v) is 4.01. The van der Waals surface area contributed by atoms with Crippen molar-refractivity contribution in [2.24, 2.45) is 11.3 Å². The molecule has 0 spiro atoms. The van der Waals surface area contributed by atoms with Crippen molar-refractivity contribution in [1.82, 2.24) is 5.32 Å². The highest BCUT2D eigenvalue weighted by atomic mass is 35.5. The van der Waals surface area contributed by atoms with Crippen molar-refractivity contribution in [3.05, 3.63) is 35.4 Å². The third-order valence-electron chi connectivity index (χ3n) is 5.01. The summed E-state index contributed by atoms with van der Waals surface area (Å²) in [5.41, 5.74) is 2.82. The zero-order valence-corrected chi connectivity index (χ0v) is 12.6. The molecular weight excluding hydrogens is 270 g/mol. The zero-order valence-electron chi connectivity index (χ0n) is 11.8. The van der Waals surface area contributed by atoms with Gasteiger partial charge in [0.1, 0.15) is 0 Å².